The normalized spacial score (nSPS) is 18.1. The quantitative estimate of drug-likeness (QED) is 0.740. The Morgan fingerprint density at radius 1 is 1.00 bits per heavy atom. The number of anilines is 1. The van der Waals surface area contributed by atoms with Gasteiger partial charge in [0.15, 0.2) is 11.5 Å². The van der Waals surface area contributed by atoms with Gasteiger partial charge in [-0.25, -0.2) is 0 Å². The third kappa shape index (κ3) is 4.04. The molecular weight excluding hydrogens is 368 g/mol. The number of hydrogen-bond donors (Lipinski definition) is 0. The summed E-state index contributed by atoms with van der Waals surface area (Å²) in [5.41, 5.74) is 0.399. The molecule has 29 heavy (non-hydrogen) atoms. The highest BCUT2D eigenvalue weighted by molar-refractivity contribution is 6.07. The molecule has 2 aliphatic rings. The summed E-state index contributed by atoms with van der Waals surface area (Å²) in [5.74, 6) is 0.484. The van der Waals surface area contributed by atoms with Gasteiger partial charge in [-0.2, -0.15) is 0 Å². The topological polar surface area (TPSA) is 75.6 Å². The molecule has 7 nitrogen and oxygen atoms in total. The van der Waals surface area contributed by atoms with E-state index in [1.807, 2.05) is 31.2 Å². The maximum atomic E-state index is 13.2. The number of piperidine rings is 2. The zero-order valence-corrected chi connectivity index (χ0v) is 17.0. The van der Waals surface area contributed by atoms with E-state index in [1.54, 1.807) is 4.90 Å². The van der Waals surface area contributed by atoms with Crippen LogP contribution in [0.1, 0.15) is 49.5 Å². The van der Waals surface area contributed by atoms with E-state index in [1.165, 1.54) is 6.42 Å². The Bertz CT molecular complexity index is 887. The lowest BCUT2D eigenvalue weighted by molar-refractivity contribution is -0.149. The van der Waals surface area contributed by atoms with Gasteiger partial charge in [-0.3, -0.25) is 9.59 Å². The maximum Gasteiger partial charge on any atom is 0.309 e. The second kappa shape index (κ2) is 8.76. The van der Waals surface area contributed by atoms with Crippen molar-refractivity contribution in [3.05, 3.63) is 30.0 Å². The van der Waals surface area contributed by atoms with Gasteiger partial charge in [0, 0.05) is 37.0 Å². The smallest absolute Gasteiger partial charge is 0.309 e. The Morgan fingerprint density at radius 2 is 1.69 bits per heavy atom. The van der Waals surface area contributed by atoms with Crippen molar-refractivity contribution in [1.29, 1.82) is 0 Å². The van der Waals surface area contributed by atoms with Gasteiger partial charge in [-0.05, 0) is 39.0 Å². The lowest BCUT2D eigenvalue weighted by Crippen LogP contribution is -2.41. The minimum atomic E-state index is -0.157. The number of carbonyl (C=O) groups is 2. The van der Waals surface area contributed by atoms with E-state index >= 15 is 0 Å². The van der Waals surface area contributed by atoms with Gasteiger partial charge in [0.1, 0.15) is 0 Å². The van der Waals surface area contributed by atoms with E-state index in [0.29, 0.717) is 38.2 Å². The van der Waals surface area contributed by atoms with E-state index in [0.717, 1.165) is 42.5 Å². The molecule has 0 atom stereocenters. The fraction of sp³-hybridized carbons (Fsp3) is 0.545. The molecule has 0 saturated carbocycles. The Labute approximate surface area is 171 Å². The first-order valence-corrected chi connectivity index (χ1v) is 10.7. The molecule has 0 unspecified atom stereocenters. The highest BCUT2D eigenvalue weighted by atomic mass is 16.5. The zero-order chi connectivity index (χ0) is 20.2. The van der Waals surface area contributed by atoms with Crippen LogP contribution >= 0.6 is 0 Å². The summed E-state index contributed by atoms with van der Waals surface area (Å²) in [7, 11) is 0. The number of rotatable bonds is 4. The molecule has 4 rings (SSSR count). The molecule has 2 aliphatic heterocycles. The number of esters is 1. The average molecular weight is 396 g/mol. The van der Waals surface area contributed by atoms with Gasteiger partial charge in [0.25, 0.3) is 5.91 Å². The summed E-state index contributed by atoms with van der Waals surface area (Å²) in [6.07, 6.45) is 4.82. The number of fused-ring (bicyclic) bond motifs is 1. The third-order valence-corrected chi connectivity index (χ3v) is 5.93. The number of amides is 1. The number of aromatic nitrogens is 2. The Morgan fingerprint density at radius 3 is 2.38 bits per heavy atom. The summed E-state index contributed by atoms with van der Waals surface area (Å²) < 4.78 is 5.12. The lowest BCUT2D eigenvalue weighted by atomic mass is 9.96. The Hall–Kier alpha value is -2.70. The van der Waals surface area contributed by atoms with Crippen molar-refractivity contribution >= 4 is 28.5 Å². The van der Waals surface area contributed by atoms with Crippen LogP contribution in [0.4, 0.5) is 5.82 Å². The zero-order valence-electron chi connectivity index (χ0n) is 17.0. The predicted molar refractivity (Wildman–Crippen MR) is 111 cm³/mol. The number of likely N-dealkylation sites (tertiary alicyclic amines) is 1. The molecule has 7 heteroatoms. The first-order valence-electron chi connectivity index (χ1n) is 10.7. The van der Waals surface area contributed by atoms with Gasteiger partial charge in [0.05, 0.1) is 12.5 Å². The number of benzene rings is 1. The minimum absolute atomic E-state index is 0.110. The van der Waals surface area contributed by atoms with Crippen molar-refractivity contribution in [2.45, 2.75) is 39.0 Å². The van der Waals surface area contributed by atoms with E-state index in [-0.39, 0.29) is 17.8 Å². The largest absolute Gasteiger partial charge is 0.466 e. The van der Waals surface area contributed by atoms with E-state index in [9.17, 15) is 9.59 Å². The predicted octanol–water partition coefficient (Wildman–Crippen LogP) is 3.04. The monoisotopic (exact) mass is 396 g/mol. The summed E-state index contributed by atoms with van der Waals surface area (Å²) in [6.45, 7) is 5.23. The molecule has 1 aromatic heterocycles. The highest BCUT2D eigenvalue weighted by Crippen LogP contribution is 2.29. The van der Waals surface area contributed by atoms with Crippen LogP contribution in [0, 0.1) is 5.92 Å². The third-order valence-electron chi connectivity index (χ3n) is 5.93. The molecule has 154 valence electrons. The second-order valence-corrected chi connectivity index (χ2v) is 7.78. The van der Waals surface area contributed by atoms with Crippen molar-refractivity contribution in [3.8, 4) is 0 Å². The minimum Gasteiger partial charge on any atom is -0.466 e. The van der Waals surface area contributed by atoms with Crippen molar-refractivity contribution in [2.24, 2.45) is 5.92 Å². The molecule has 1 amide bonds. The SMILES string of the molecule is CCOC(=O)C1CCN(C(=O)c2nnc(N3CCCCC3)c3ccccc23)CC1. The van der Waals surface area contributed by atoms with Crippen LogP contribution in [0.2, 0.25) is 0 Å². The molecule has 0 radical (unpaired) electrons. The first kappa shape index (κ1) is 19.6. The van der Waals surface area contributed by atoms with E-state index in [4.69, 9.17) is 4.74 Å². The van der Waals surface area contributed by atoms with Crippen LogP contribution in [0.5, 0.6) is 0 Å². The van der Waals surface area contributed by atoms with Crippen LogP contribution in [-0.4, -0.2) is 59.8 Å². The van der Waals surface area contributed by atoms with Crippen molar-refractivity contribution in [1.82, 2.24) is 15.1 Å². The second-order valence-electron chi connectivity index (χ2n) is 7.78. The summed E-state index contributed by atoms with van der Waals surface area (Å²) >= 11 is 0. The molecule has 0 bridgehead atoms. The molecular formula is C22H28N4O3. The molecule has 0 spiro atoms. The van der Waals surface area contributed by atoms with Gasteiger partial charge in [0.2, 0.25) is 0 Å². The molecule has 0 N–H and O–H groups in total. The summed E-state index contributed by atoms with van der Waals surface area (Å²) in [5, 5.41) is 10.7. The number of ether oxygens (including phenoxy) is 1. The summed E-state index contributed by atoms with van der Waals surface area (Å²) in [6, 6.07) is 7.90. The van der Waals surface area contributed by atoms with E-state index < -0.39 is 0 Å². The van der Waals surface area contributed by atoms with Gasteiger partial charge in [-0.1, -0.05) is 24.3 Å². The van der Waals surface area contributed by atoms with Crippen molar-refractivity contribution in [3.63, 3.8) is 0 Å². The van der Waals surface area contributed by atoms with Crippen LogP contribution in [0.25, 0.3) is 10.8 Å². The van der Waals surface area contributed by atoms with Crippen LogP contribution in [0.15, 0.2) is 24.3 Å². The molecule has 2 fully saturated rings. The number of hydrogen-bond acceptors (Lipinski definition) is 6. The van der Waals surface area contributed by atoms with Gasteiger partial charge in [-0.15, -0.1) is 10.2 Å². The summed E-state index contributed by atoms with van der Waals surface area (Å²) in [4.78, 5) is 29.2. The fourth-order valence-electron chi connectivity index (χ4n) is 4.32. The van der Waals surface area contributed by atoms with Crippen molar-refractivity contribution in [2.75, 3.05) is 37.7 Å². The maximum absolute atomic E-state index is 13.2. The number of carbonyl (C=O) groups excluding carboxylic acids is 2. The Balaban J connectivity index is 1.55. The standard InChI is InChI=1S/C22H28N4O3/c1-2-29-22(28)16-10-14-26(15-11-16)21(27)19-17-8-4-5-9-18(17)20(24-23-19)25-12-6-3-7-13-25/h4-5,8-9,16H,2-3,6-7,10-15H2,1H3. The van der Waals surface area contributed by atoms with E-state index in [2.05, 4.69) is 15.1 Å². The van der Waals surface area contributed by atoms with Gasteiger partial charge >= 0.3 is 5.97 Å². The first-order chi connectivity index (χ1) is 14.2. The van der Waals surface area contributed by atoms with Crippen LogP contribution in [-0.2, 0) is 9.53 Å². The lowest BCUT2D eigenvalue weighted by Gasteiger charge is -2.31. The Kier molecular flexibility index (Phi) is 5.92. The van der Waals surface area contributed by atoms with Crippen LogP contribution < -0.4 is 4.90 Å². The number of nitrogens with zero attached hydrogens (tertiary/aromatic N) is 4. The molecule has 1 aromatic carbocycles. The molecule has 2 saturated heterocycles. The molecule has 2 aromatic rings. The average Bonchev–Trinajstić information content (AvgIpc) is 2.79. The van der Waals surface area contributed by atoms with Gasteiger partial charge < -0.3 is 14.5 Å². The highest BCUT2D eigenvalue weighted by Gasteiger charge is 2.30. The van der Waals surface area contributed by atoms with Crippen LogP contribution in [0.3, 0.4) is 0 Å². The molecule has 0 aliphatic carbocycles. The fourth-order valence-corrected chi connectivity index (χ4v) is 4.32. The molecule has 3 heterocycles. The van der Waals surface area contributed by atoms with Crippen molar-refractivity contribution < 1.29 is 14.3 Å².